The second-order valence-electron chi connectivity index (χ2n) is 12.4. The molecule has 4 aromatic rings. The molecule has 11 nitrogen and oxygen atoms in total. The summed E-state index contributed by atoms with van der Waals surface area (Å²) in [5.74, 6) is -3.12. The van der Waals surface area contributed by atoms with Crippen LogP contribution in [0.4, 0.5) is 14.5 Å². The van der Waals surface area contributed by atoms with E-state index in [0.717, 1.165) is 5.56 Å². The lowest BCUT2D eigenvalue weighted by Crippen LogP contribution is -2.57. The number of carboxylic acid groups (broad SMARTS) is 1. The number of benzene rings is 4. The first-order chi connectivity index (χ1) is 25.5. The highest BCUT2D eigenvalue weighted by atomic mass is 32.2. The molecule has 1 heterocycles. The Morgan fingerprint density at radius 1 is 0.849 bits per heavy atom. The number of carbonyl (C=O) groups excluding carboxylic acids is 3. The number of unbranched alkanes of at least 4 members (excludes halogenated alkanes) is 1. The second-order valence-corrected chi connectivity index (χ2v) is 13.6. The molecule has 5 atom stereocenters. The van der Waals surface area contributed by atoms with Gasteiger partial charge in [-0.3, -0.25) is 14.4 Å². The highest BCUT2D eigenvalue weighted by Gasteiger charge is 2.49. The van der Waals surface area contributed by atoms with Crippen LogP contribution in [0.15, 0.2) is 103 Å². The van der Waals surface area contributed by atoms with Gasteiger partial charge in [0.1, 0.15) is 34.7 Å². The molecule has 1 unspecified atom stereocenters. The summed E-state index contributed by atoms with van der Waals surface area (Å²) in [6, 6.07) is 23.4. The van der Waals surface area contributed by atoms with Gasteiger partial charge in [0.15, 0.2) is 6.61 Å². The normalized spacial score (nSPS) is 16.9. The van der Waals surface area contributed by atoms with Crippen molar-refractivity contribution >= 4 is 41.1 Å². The fourth-order valence-electron chi connectivity index (χ4n) is 5.88. The van der Waals surface area contributed by atoms with E-state index in [9.17, 15) is 38.2 Å². The maximum absolute atomic E-state index is 13.7. The zero-order valence-corrected chi connectivity index (χ0v) is 29.4. The Bertz CT molecular complexity index is 1850. The van der Waals surface area contributed by atoms with Crippen molar-refractivity contribution in [2.75, 3.05) is 23.8 Å². The molecule has 278 valence electrons. The molecule has 0 aromatic heterocycles. The minimum absolute atomic E-state index is 0.166. The Balaban J connectivity index is 1.25. The zero-order chi connectivity index (χ0) is 37.9. The van der Waals surface area contributed by atoms with Crippen molar-refractivity contribution in [3.05, 3.63) is 131 Å². The van der Waals surface area contributed by atoms with E-state index in [1.54, 1.807) is 59.5 Å². The van der Waals surface area contributed by atoms with E-state index >= 15 is 0 Å². The fraction of sp³-hybridized carbons (Fsp3) is 0.282. The molecule has 3 amide bonds. The van der Waals surface area contributed by atoms with Crippen molar-refractivity contribution in [3.63, 3.8) is 0 Å². The second kappa shape index (κ2) is 18.4. The van der Waals surface area contributed by atoms with E-state index in [2.05, 4.69) is 10.6 Å². The third-order valence-corrected chi connectivity index (χ3v) is 10.0. The van der Waals surface area contributed by atoms with Gasteiger partial charge < -0.3 is 36.2 Å². The van der Waals surface area contributed by atoms with Crippen LogP contribution < -0.4 is 26.0 Å². The van der Waals surface area contributed by atoms with E-state index < -0.39 is 65.5 Å². The molecule has 0 saturated carbocycles. The third kappa shape index (κ3) is 10.2. The average Bonchev–Trinajstić information content (AvgIpc) is 3.16. The molecule has 6 N–H and O–H groups in total. The predicted molar refractivity (Wildman–Crippen MR) is 196 cm³/mol. The molecule has 14 heteroatoms. The summed E-state index contributed by atoms with van der Waals surface area (Å²) in [4.78, 5) is 53.1. The van der Waals surface area contributed by atoms with Gasteiger partial charge in [-0.15, -0.1) is 11.8 Å². The number of halogens is 2. The Hall–Kier alpha value is -5.31. The molecule has 5 rings (SSSR count). The number of aliphatic hydroxyl groups is 1. The number of nitrogens with one attached hydrogen (secondary N) is 2. The zero-order valence-electron chi connectivity index (χ0n) is 28.6. The molecule has 0 aliphatic carbocycles. The minimum Gasteiger partial charge on any atom is -0.484 e. The van der Waals surface area contributed by atoms with Crippen LogP contribution in [0.25, 0.3) is 0 Å². The molecule has 0 bridgehead atoms. The Morgan fingerprint density at radius 3 is 2.11 bits per heavy atom. The number of nitrogens with two attached hydrogens (primary N) is 1. The average molecular weight is 747 g/mol. The number of hydrogen-bond acceptors (Lipinski definition) is 8. The summed E-state index contributed by atoms with van der Waals surface area (Å²) in [5, 5.41) is 24.9. The first-order valence-electron chi connectivity index (χ1n) is 17.0. The Kier molecular flexibility index (Phi) is 13.5. The minimum atomic E-state index is -1.19. The summed E-state index contributed by atoms with van der Waals surface area (Å²) < 4.78 is 32.8. The molecule has 1 aliphatic heterocycles. The van der Waals surface area contributed by atoms with Gasteiger partial charge in [-0.2, -0.15) is 0 Å². The summed E-state index contributed by atoms with van der Waals surface area (Å²) in [5.41, 5.74) is 7.70. The highest BCUT2D eigenvalue weighted by Crippen LogP contribution is 2.46. The van der Waals surface area contributed by atoms with Crippen molar-refractivity contribution < 1.29 is 42.9 Å². The maximum Gasteiger partial charge on any atom is 0.326 e. The number of hydrogen-bond donors (Lipinski definition) is 5. The highest BCUT2D eigenvalue weighted by molar-refractivity contribution is 8.00. The first-order valence-corrected chi connectivity index (χ1v) is 18.0. The van der Waals surface area contributed by atoms with Crippen LogP contribution in [0.5, 0.6) is 5.75 Å². The van der Waals surface area contributed by atoms with E-state index in [1.807, 2.05) is 0 Å². The van der Waals surface area contributed by atoms with E-state index in [0.29, 0.717) is 42.0 Å². The largest absolute Gasteiger partial charge is 0.484 e. The van der Waals surface area contributed by atoms with Crippen molar-refractivity contribution in [2.45, 2.75) is 48.7 Å². The van der Waals surface area contributed by atoms with Crippen LogP contribution in [-0.4, -0.2) is 64.1 Å². The number of carbonyl (C=O) groups is 4. The molecule has 0 radical (unpaired) electrons. The number of anilines is 1. The summed E-state index contributed by atoms with van der Waals surface area (Å²) in [6.45, 7) is -0.0662. The molecule has 1 aliphatic rings. The lowest BCUT2D eigenvalue weighted by atomic mass is 9.92. The Labute approximate surface area is 309 Å². The van der Waals surface area contributed by atoms with Crippen molar-refractivity contribution in [3.8, 4) is 5.75 Å². The molecule has 1 fully saturated rings. The molecule has 0 spiro atoms. The van der Waals surface area contributed by atoms with Crippen molar-refractivity contribution in [1.82, 2.24) is 10.6 Å². The summed E-state index contributed by atoms with van der Waals surface area (Å²) in [7, 11) is 0. The number of β-lactam (4-membered cyclic amide) rings is 1. The number of ether oxygens (including phenoxy) is 1. The van der Waals surface area contributed by atoms with Gasteiger partial charge in [-0.05, 0) is 91.0 Å². The predicted octanol–water partition coefficient (Wildman–Crippen LogP) is 4.82. The van der Waals surface area contributed by atoms with Gasteiger partial charge in [-0.1, -0.05) is 54.6 Å². The molecular formula is C39H40F2N4O7S. The summed E-state index contributed by atoms with van der Waals surface area (Å²) >= 11 is 1.25. The maximum atomic E-state index is 13.7. The number of thioether (sulfide) groups is 1. The van der Waals surface area contributed by atoms with Gasteiger partial charge in [0.2, 0.25) is 11.8 Å². The van der Waals surface area contributed by atoms with Crippen LogP contribution in [-0.2, 0) is 19.2 Å². The van der Waals surface area contributed by atoms with Gasteiger partial charge in [0.05, 0.1) is 12.1 Å². The summed E-state index contributed by atoms with van der Waals surface area (Å²) in [6.07, 6.45) is 0.346. The van der Waals surface area contributed by atoms with Gasteiger partial charge in [-0.25, -0.2) is 13.6 Å². The van der Waals surface area contributed by atoms with E-state index in [-0.39, 0.29) is 18.1 Å². The number of amides is 3. The first kappa shape index (κ1) is 38.9. The van der Waals surface area contributed by atoms with Crippen LogP contribution in [0.1, 0.15) is 54.1 Å². The number of aliphatic carboxylic acids is 1. The lowest BCUT2D eigenvalue weighted by Gasteiger charge is -2.47. The standard InChI is InChI=1S/C39H40F2N4O7S/c40-27-13-9-24(10-14-27)32(46)23-53-36-35(45(38(36)49)29-17-15-28(41)16-18-29)26-11-19-30(20-12-26)52-22-33(47)44-34(25-6-2-1-3-7-25)37(48)43-31(39(50)51)8-4-5-21-42/h1-3,6-7,9-20,31-32,34-36,46H,4-5,8,21-23,42H2,(H,43,48)(H,44,47)(H,50,51)/t31-,32?,34-,35-,36-/m1/s1. The van der Waals surface area contributed by atoms with Crippen LogP contribution in [0.3, 0.4) is 0 Å². The molecule has 1 saturated heterocycles. The number of rotatable bonds is 18. The topological polar surface area (TPSA) is 171 Å². The van der Waals surface area contributed by atoms with Crippen LogP contribution in [0.2, 0.25) is 0 Å². The molecule has 53 heavy (non-hydrogen) atoms. The quantitative estimate of drug-likeness (QED) is 0.0708. The Morgan fingerprint density at radius 2 is 1.49 bits per heavy atom. The van der Waals surface area contributed by atoms with Crippen LogP contribution >= 0.6 is 11.8 Å². The number of aliphatic hydroxyl groups excluding tert-OH is 1. The van der Waals surface area contributed by atoms with Gasteiger partial charge in [0.25, 0.3) is 5.91 Å². The van der Waals surface area contributed by atoms with Crippen LogP contribution in [0, 0.1) is 11.6 Å². The smallest absolute Gasteiger partial charge is 0.326 e. The van der Waals surface area contributed by atoms with Gasteiger partial charge in [0, 0.05) is 11.4 Å². The van der Waals surface area contributed by atoms with E-state index in [1.165, 1.54) is 60.3 Å². The third-order valence-electron chi connectivity index (χ3n) is 8.69. The fourth-order valence-corrected chi connectivity index (χ4v) is 7.18. The molecular weight excluding hydrogens is 707 g/mol. The lowest BCUT2D eigenvalue weighted by molar-refractivity contribution is -0.142. The SMILES string of the molecule is NCCCC[C@@H](NC(=O)[C@H](NC(=O)COc1ccc([C@@H]2[C@@H](SCC(O)c3ccc(F)cc3)C(=O)N2c2ccc(F)cc2)cc1)c1ccccc1)C(=O)O. The van der Waals surface area contributed by atoms with Crippen molar-refractivity contribution in [1.29, 1.82) is 0 Å². The molecule has 4 aromatic carbocycles. The van der Waals surface area contributed by atoms with Gasteiger partial charge >= 0.3 is 5.97 Å². The van der Waals surface area contributed by atoms with E-state index in [4.69, 9.17) is 10.5 Å². The van der Waals surface area contributed by atoms with Crippen molar-refractivity contribution in [2.24, 2.45) is 5.73 Å². The number of nitrogens with zero attached hydrogens (tertiary/aromatic N) is 1. The number of carboxylic acids is 1. The monoisotopic (exact) mass is 746 g/mol.